The van der Waals surface area contributed by atoms with E-state index in [1.165, 1.54) is 16.9 Å². The number of hydrogen-bond acceptors (Lipinski definition) is 2. The average molecular weight is 279 g/mol. The number of rotatable bonds is 8. The first-order valence-electron chi connectivity index (χ1n) is 7.46. The van der Waals surface area contributed by atoms with Crippen LogP contribution in [0.5, 0.6) is 0 Å². The second-order valence-electron chi connectivity index (χ2n) is 6.04. The van der Waals surface area contributed by atoms with E-state index in [1.807, 2.05) is 11.8 Å². The van der Waals surface area contributed by atoms with Crippen LogP contribution in [0.25, 0.3) is 0 Å². The van der Waals surface area contributed by atoms with E-state index in [4.69, 9.17) is 0 Å². The smallest absolute Gasteiger partial charge is 0.0191 e. The minimum atomic E-state index is 0.620. The molecule has 0 bridgehead atoms. The van der Waals surface area contributed by atoms with Crippen molar-refractivity contribution in [2.24, 2.45) is 5.92 Å². The third-order valence-corrected chi connectivity index (χ3v) is 4.33. The maximum absolute atomic E-state index is 3.55. The van der Waals surface area contributed by atoms with Gasteiger partial charge in [0.25, 0.3) is 0 Å². The van der Waals surface area contributed by atoms with E-state index in [0.717, 1.165) is 19.0 Å². The Morgan fingerprint density at radius 3 is 2.16 bits per heavy atom. The molecule has 0 heterocycles. The molecule has 0 fully saturated rings. The Hall–Kier alpha value is -0.470. The maximum Gasteiger partial charge on any atom is 0.0191 e. The van der Waals surface area contributed by atoms with Crippen molar-refractivity contribution in [1.29, 1.82) is 0 Å². The lowest BCUT2D eigenvalue weighted by Crippen LogP contribution is -2.24. The summed E-state index contributed by atoms with van der Waals surface area (Å²) >= 11 is 1.96. The molecule has 1 nitrogen and oxygen atoms in total. The summed E-state index contributed by atoms with van der Waals surface area (Å²) in [5.74, 6) is 1.41. The van der Waals surface area contributed by atoms with Crippen molar-refractivity contribution < 1.29 is 0 Å². The SMILES string of the molecule is CC(C)CCNCC(C)Sc1ccc(C(C)C)cc1. The van der Waals surface area contributed by atoms with Crippen LogP contribution in [0.2, 0.25) is 0 Å². The number of benzene rings is 1. The normalized spacial score (nSPS) is 13.2. The molecule has 1 aromatic carbocycles. The van der Waals surface area contributed by atoms with Gasteiger partial charge in [-0.05, 0) is 42.5 Å². The molecule has 1 aromatic rings. The lowest BCUT2D eigenvalue weighted by molar-refractivity contribution is 0.539. The minimum absolute atomic E-state index is 0.620. The molecular formula is C17H29NS. The first-order chi connectivity index (χ1) is 8.99. The van der Waals surface area contributed by atoms with Crippen LogP contribution in [0.3, 0.4) is 0 Å². The molecule has 19 heavy (non-hydrogen) atoms. The van der Waals surface area contributed by atoms with E-state index < -0.39 is 0 Å². The van der Waals surface area contributed by atoms with Crippen molar-refractivity contribution in [2.45, 2.75) is 57.1 Å². The zero-order valence-corrected chi connectivity index (χ0v) is 13.9. The fourth-order valence-corrected chi connectivity index (χ4v) is 2.86. The highest BCUT2D eigenvalue weighted by Gasteiger charge is 2.05. The van der Waals surface area contributed by atoms with E-state index >= 15 is 0 Å². The molecule has 0 spiro atoms. The van der Waals surface area contributed by atoms with Gasteiger partial charge in [0.05, 0.1) is 0 Å². The van der Waals surface area contributed by atoms with Crippen LogP contribution in [-0.2, 0) is 0 Å². The van der Waals surface area contributed by atoms with Crippen LogP contribution >= 0.6 is 11.8 Å². The molecular weight excluding hydrogens is 250 g/mol. The summed E-state index contributed by atoms with van der Waals surface area (Å²) in [6, 6.07) is 9.02. The van der Waals surface area contributed by atoms with Gasteiger partial charge in [-0.3, -0.25) is 0 Å². The van der Waals surface area contributed by atoms with Gasteiger partial charge in [0, 0.05) is 16.7 Å². The van der Waals surface area contributed by atoms with E-state index in [0.29, 0.717) is 11.2 Å². The maximum atomic E-state index is 3.55. The largest absolute Gasteiger partial charge is 0.316 e. The number of nitrogens with one attached hydrogen (secondary N) is 1. The van der Waals surface area contributed by atoms with E-state index in [9.17, 15) is 0 Å². The van der Waals surface area contributed by atoms with Crippen molar-refractivity contribution in [1.82, 2.24) is 5.32 Å². The minimum Gasteiger partial charge on any atom is -0.316 e. The highest BCUT2D eigenvalue weighted by molar-refractivity contribution is 8.00. The van der Waals surface area contributed by atoms with Crippen molar-refractivity contribution in [2.75, 3.05) is 13.1 Å². The molecule has 2 heteroatoms. The monoisotopic (exact) mass is 279 g/mol. The predicted octanol–water partition coefficient (Wildman–Crippen LogP) is 4.93. The van der Waals surface area contributed by atoms with Gasteiger partial charge in [0.15, 0.2) is 0 Å². The topological polar surface area (TPSA) is 12.0 Å². The quantitative estimate of drug-likeness (QED) is 0.535. The number of hydrogen-bond donors (Lipinski definition) is 1. The molecule has 108 valence electrons. The molecule has 1 unspecified atom stereocenters. The first kappa shape index (κ1) is 16.6. The summed E-state index contributed by atoms with van der Waals surface area (Å²) < 4.78 is 0. The average Bonchev–Trinajstić information content (AvgIpc) is 2.35. The Morgan fingerprint density at radius 2 is 1.63 bits per heavy atom. The van der Waals surface area contributed by atoms with Gasteiger partial charge in [-0.2, -0.15) is 0 Å². The van der Waals surface area contributed by atoms with Crippen LogP contribution in [0.15, 0.2) is 29.2 Å². The van der Waals surface area contributed by atoms with Crippen LogP contribution in [0.1, 0.15) is 52.5 Å². The predicted molar refractivity (Wildman–Crippen MR) is 88.2 cm³/mol. The molecule has 0 saturated carbocycles. The van der Waals surface area contributed by atoms with E-state index in [2.05, 4.69) is 64.2 Å². The summed E-state index contributed by atoms with van der Waals surface area (Å²) in [6.07, 6.45) is 1.26. The van der Waals surface area contributed by atoms with Crippen LogP contribution < -0.4 is 5.32 Å². The van der Waals surface area contributed by atoms with Gasteiger partial charge in [-0.25, -0.2) is 0 Å². The van der Waals surface area contributed by atoms with Gasteiger partial charge < -0.3 is 5.32 Å². The molecule has 0 radical (unpaired) electrons. The lowest BCUT2D eigenvalue weighted by Gasteiger charge is -2.14. The Morgan fingerprint density at radius 1 is 1.00 bits per heavy atom. The van der Waals surface area contributed by atoms with Crippen molar-refractivity contribution in [3.63, 3.8) is 0 Å². The molecule has 0 aliphatic carbocycles. The van der Waals surface area contributed by atoms with Crippen molar-refractivity contribution >= 4 is 11.8 Å². The zero-order chi connectivity index (χ0) is 14.3. The van der Waals surface area contributed by atoms with Gasteiger partial charge in [0.1, 0.15) is 0 Å². The molecule has 0 saturated heterocycles. The Labute approximate surface area is 123 Å². The summed E-state index contributed by atoms with van der Waals surface area (Å²) in [6.45, 7) is 13.5. The molecule has 0 amide bonds. The summed E-state index contributed by atoms with van der Waals surface area (Å²) in [5.41, 5.74) is 1.42. The van der Waals surface area contributed by atoms with E-state index in [-0.39, 0.29) is 0 Å². The standard InChI is InChI=1S/C17H29NS/c1-13(2)10-11-18-12-15(5)19-17-8-6-16(7-9-17)14(3)4/h6-9,13-15,18H,10-12H2,1-5H3. The van der Waals surface area contributed by atoms with Gasteiger partial charge in [-0.15, -0.1) is 11.8 Å². The Bertz CT molecular complexity index is 343. The Kier molecular flexibility index (Phi) is 7.55. The summed E-state index contributed by atoms with van der Waals surface area (Å²) in [5, 5.41) is 4.17. The molecule has 0 aromatic heterocycles. The third-order valence-electron chi connectivity index (χ3n) is 3.21. The highest BCUT2D eigenvalue weighted by Crippen LogP contribution is 2.25. The molecule has 0 aliphatic heterocycles. The molecule has 1 N–H and O–H groups in total. The van der Waals surface area contributed by atoms with E-state index in [1.54, 1.807) is 0 Å². The second kappa shape index (κ2) is 8.65. The van der Waals surface area contributed by atoms with Gasteiger partial charge in [-0.1, -0.05) is 46.8 Å². The third kappa shape index (κ3) is 7.03. The van der Waals surface area contributed by atoms with Crippen LogP contribution in [0.4, 0.5) is 0 Å². The summed E-state index contributed by atoms with van der Waals surface area (Å²) in [7, 11) is 0. The zero-order valence-electron chi connectivity index (χ0n) is 13.1. The molecule has 1 rings (SSSR count). The lowest BCUT2D eigenvalue weighted by atomic mass is 10.0. The fourth-order valence-electron chi connectivity index (χ4n) is 1.90. The van der Waals surface area contributed by atoms with Crippen molar-refractivity contribution in [3.8, 4) is 0 Å². The van der Waals surface area contributed by atoms with Crippen LogP contribution in [0, 0.1) is 5.92 Å². The Balaban J connectivity index is 2.29. The number of thioether (sulfide) groups is 1. The first-order valence-corrected chi connectivity index (χ1v) is 8.34. The van der Waals surface area contributed by atoms with Gasteiger partial charge >= 0.3 is 0 Å². The molecule has 0 aliphatic rings. The second-order valence-corrected chi connectivity index (χ2v) is 7.55. The summed E-state index contributed by atoms with van der Waals surface area (Å²) in [4.78, 5) is 1.38. The van der Waals surface area contributed by atoms with Crippen LogP contribution in [-0.4, -0.2) is 18.3 Å². The molecule has 1 atom stereocenters. The fraction of sp³-hybridized carbons (Fsp3) is 0.647. The van der Waals surface area contributed by atoms with Crippen molar-refractivity contribution in [3.05, 3.63) is 29.8 Å². The van der Waals surface area contributed by atoms with Gasteiger partial charge in [0.2, 0.25) is 0 Å². The highest BCUT2D eigenvalue weighted by atomic mass is 32.2.